The van der Waals surface area contributed by atoms with Crippen LogP contribution in [0.3, 0.4) is 0 Å². The van der Waals surface area contributed by atoms with Gasteiger partial charge in [-0.3, -0.25) is 4.99 Å². The third-order valence-corrected chi connectivity index (χ3v) is 3.60. The molecule has 5 nitrogen and oxygen atoms in total. The summed E-state index contributed by atoms with van der Waals surface area (Å²) in [5.41, 5.74) is 1.26. The van der Waals surface area contributed by atoms with E-state index < -0.39 is 0 Å². The minimum Gasteiger partial charge on any atom is -0.379 e. The number of hydrogen-bond acceptors (Lipinski definition) is 2. The molecule has 0 bridgehead atoms. The number of aryl methyl sites for hydroxylation is 1. The Kier molecular flexibility index (Phi) is 5.47. The second-order valence-corrected chi connectivity index (χ2v) is 5.46. The lowest BCUT2D eigenvalue weighted by Gasteiger charge is -2.22. The number of guanidine groups is 1. The number of aliphatic imine (C=N–C) groups is 1. The van der Waals surface area contributed by atoms with Crippen LogP contribution in [0.5, 0.6) is 0 Å². The van der Waals surface area contributed by atoms with Gasteiger partial charge in [-0.2, -0.15) is 0 Å². The predicted molar refractivity (Wildman–Crippen MR) is 81.8 cm³/mol. The Balaban J connectivity index is 1.68. The molecular formula is C15H26N4O. The van der Waals surface area contributed by atoms with Crippen LogP contribution in [-0.4, -0.2) is 49.3 Å². The van der Waals surface area contributed by atoms with Crippen molar-refractivity contribution in [1.29, 1.82) is 0 Å². The van der Waals surface area contributed by atoms with Crippen LogP contribution in [-0.2, 0) is 18.3 Å². The molecule has 1 heterocycles. The lowest BCUT2D eigenvalue weighted by molar-refractivity contribution is 0.128. The summed E-state index contributed by atoms with van der Waals surface area (Å²) in [5.74, 6) is 1.73. The minimum absolute atomic E-state index is 0.744. The predicted octanol–water partition coefficient (Wildman–Crippen LogP) is 1.46. The molecule has 1 fully saturated rings. The maximum absolute atomic E-state index is 5.62. The third kappa shape index (κ3) is 4.56. The summed E-state index contributed by atoms with van der Waals surface area (Å²) >= 11 is 0. The average Bonchev–Trinajstić information content (AvgIpc) is 3.18. The number of ether oxygens (including phenoxy) is 1. The van der Waals surface area contributed by atoms with Crippen molar-refractivity contribution in [2.24, 2.45) is 18.0 Å². The number of hydrogen-bond donors (Lipinski definition) is 1. The largest absolute Gasteiger partial charge is 0.379 e. The number of nitrogens with one attached hydrogen (secondary N) is 1. The Morgan fingerprint density at radius 1 is 1.55 bits per heavy atom. The molecule has 1 aliphatic rings. The van der Waals surface area contributed by atoms with Crippen LogP contribution < -0.4 is 5.32 Å². The highest BCUT2D eigenvalue weighted by Crippen LogP contribution is 2.28. The van der Waals surface area contributed by atoms with Gasteiger partial charge in [0.25, 0.3) is 0 Å². The van der Waals surface area contributed by atoms with Gasteiger partial charge in [-0.25, -0.2) is 0 Å². The monoisotopic (exact) mass is 278 g/mol. The Morgan fingerprint density at radius 2 is 2.35 bits per heavy atom. The van der Waals surface area contributed by atoms with Crippen molar-refractivity contribution in [2.75, 3.05) is 33.9 Å². The van der Waals surface area contributed by atoms with Crippen LogP contribution in [0.4, 0.5) is 0 Å². The third-order valence-electron chi connectivity index (χ3n) is 3.60. The molecule has 1 aromatic rings. The fourth-order valence-corrected chi connectivity index (χ4v) is 2.13. The molecule has 2 rings (SSSR count). The van der Waals surface area contributed by atoms with Crippen molar-refractivity contribution in [3.63, 3.8) is 0 Å². The van der Waals surface area contributed by atoms with Gasteiger partial charge in [0.05, 0.1) is 13.2 Å². The maximum atomic E-state index is 5.62. The molecule has 5 heteroatoms. The zero-order chi connectivity index (χ0) is 14.4. The molecule has 0 aliphatic heterocycles. The first kappa shape index (κ1) is 14.9. The summed E-state index contributed by atoms with van der Waals surface area (Å²) in [7, 11) is 5.92. The summed E-state index contributed by atoms with van der Waals surface area (Å²) in [5, 5.41) is 3.34. The second-order valence-electron chi connectivity index (χ2n) is 5.46. The van der Waals surface area contributed by atoms with Crippen LogP contribution in [0.25, 0.3) is 0 Å². The first-order valence-corrected chi connectivity index (χ1v) is 7.30. The van der Waals surface area contributed by atoms with Crippen LogP contribution in [0.2, 0.25) is 0 Å². The van der Waals surface area contributed by atoms with E-state index in [1.54, 1.807) is 0 Å². The Bertz CT molecular complexity index is 437. The summed E-state index contributed by atoms with van der Waals surface area (Å²) in [6.45, 7) is 3.30. The lowest BCUT2D eigenvalue weighted by Crippen LogP contribution is -2.40. The maximum Gasteiger partial charge on any atom is 0.193 e. The van der Waals surface area contributed by atoms with Gasteiger partial charge in [0.1, 0.15) is 0 Å². The molecule has 0 radical (unpaired) electrons. The Labute approximate surface area is 121 Å². The van der Waals surface area contributed by atoms with E-state index in [1.165, 1.54) is 18.5 Å². The first-order valence-electron chi connectivity index (χ1n) is 7.30. The van der Waals surface area contributed by atoms with Gasteiger partial charge < -0.3 is 19.5 Å². The molecule has 112 valence electrons. The van der Waals surface area contributed by atoms with E-state index in [9.17, 15) is 0 Å². The molecule has 1 aromatic heterocycles. The van der Waals surface area contributed by atoms with Gasteiger partial charge in [0.15, 0.2) is 5.96 Å². The summed E-state index contributed by atoms with van der Waals surface area (Å²) in [6.07, 6.45) is 4.74. The number of aromatic nitrogens is 1. The molecule has 0 amide bonds. The van der Waals surface area contributed by atoms with Crippen molar-refractivity contribution in [1.82, 2.24) is 14.8 Å². The molecule has 0 saturated heterocycles. The molecule has 0 unspecified atom stereocenters. The highest BCUT2D eigenvalue weighted by molar-refractivity contribution is 5.79. The van der Waals surface area contributed by atoms with E-state index in [4.69, 9.17) is 4.74 Å². The van der Waals surface area contributed by atoms with E-state index in [0.29, 0.717) is 0 Å². The van der Waals surface area contributed by atoms with Crippen molar-refractivity contribution in [3.8, 4) is 0 Å². The Hall–Kier alpha value is -1.49. The zero-order valence-electron chi connectivity index (χ0n) is 12.8. The van der Waals surface area contributed by atoms with Crippen LogP contribution >= 0.6 is 0 Å². The first-order chi connectivity index (χ1) is 9.70. The molecule has 1 saturated carbocycles. The molecular weight excluding hydrogens is 252 g/mol. The second kappa shape index (κ2) is 7.33. The van der Waals surface area contributed by atoms with E-state index >= 15 is 0 Å². The van der Waals surface area contributed by atoms with E-state index in [0.717, 1.165) is 38.2 Å². The number of rotatable bonds is 7. The van der Waals surface area contributed by atoms with Crippen molar-refractivity contribution >= 4 is 5.96 Å². The van der Waals surface area contributed by atoms with Crippen LogP contribution in [0.15, 0.2) is 23.3 Å². The zero-order valence-corrected chi connectivity index (χ0v) is 12.8. The van der Waals surface area contributed by atoms with Crippen LogP contribution in [0, 0.1) is 5.92 Å². The van der Waals surface area contributed by atoms with Gasteiger partial charge in [-0.05, 0) is 30.9 Å². The number of nitrogens with zero attached hydrogens (tertiary/aromatic N) is 3. The van der Waals surface area contributed by atoms with Gasteiger partial charge in [0.2, 0.25) is 0 Å². The van der Waals surface area contributed by atoms with Crippen molar-refractivity contribution in [2.45, 2.75) is 19.4 Å². The standard InChI is InChI=1S/C15H26N4O/c1-16-15(17-8-10-20-12-13-6-7-13)19(3)11-14-5-4-9-18(14)2/h4-5,9,13H,6-8,10-12H2,1-3H3,(H,16,17). The van der Waals surface area contributed by atoms with Crippen LogP contribution in [0.1, 0.15) is 18.5 Å². The fraction of sp³-hybridized carbons (Fsp3) is 0.667. The van der Waals surface area contributed by atoms with Gasteiger partial charge in [-0.1, -0.05) is 0 Å². The van der Waals surface area contributed by atoms with Gasteiger partial charge >= 0.3 is 0 Å². The minimum atomic E-state index is 0.744. The lowest BCUT2D eigenvalue weighted by atomic mass is 10.4. The van der Waals surface area contributed by atoms with E-state index in [2.05, 4.69) is 45.2 Å². The molecule has 1 aliphatic carbocycles. The summed E-state index contributed by atoms with van der Waals surface area (Å²) < 4.78 is 7.74. The average molecular weight is 278 g/mol. The molecule has 0 aromatic carbocycles. The normalized spacial score (nSPS) is 15.4. The summed E-state index contributed by atoms with van der Waals surface area (Å²) in [6, 6.07) is 4.19. The molecule has 20 heavy (non-hydrogen) atoms. The van der Waals surface area contributed by atoms with E-state index in [-0.39, 0.29) is 0 Å². The van der Waals surface area contributed by atoms with Crippen molar-refractivity contribution in [3.05, 3.63) is 24.0 Å². The topological polar surface area (TPSA) is 41.8 Å². The van der Waals surface area contributed by atoms with Gasteiger partial charge in [0, 0.05) is 46.2 Å². The molecule has 0 atom stereocenters. The van der Waals surface area contributed by atoms with Crippen molar-refractivity contribution < 1.29 is 4.74 Å². The fourth-order valence-electron chi connectivity index (χ4n) is 2.13. The smallest absolute Gasteiger partial charge is 0.193 e. The quantitative estimate of drug-likeness (QED) is 0.466. The highest BCUT2D eigenvalue weighted by atomic mass is 16.5. The van der Waals surface area contributed by atoms with Gasteiger partial charge in [-0.15, -0.1) is 0 Å². The SMILES string of the molecule is CN=C(NCCOCC1CC1)N(C)Cc1cccn1C. The summed E-state index contributed by atoms with van der Waals surface area (Å²) in [4.78, 5) is 6.43. The molecule has 1 N–H and O–H groups in total. The Morgan fingerprint density at radius 3 is 2.95 bits per heavy atom. The van der Waals surface area contributed by atoms with E-state index in [1.807, 2.05) is 14.1 Å². The molecule has 0 spiro atoms. The highest BCUT2D eigenvalue weighted by Gasteiger charge is 2.20.